The van der Waals surface area contributed by atoms with Crippen molar-refractivity contribution in [1.29, 1.82) is 0 Å². The summed E-state index contributed by atoms with van der Waals surface area (Å²) in [6.07, 6.45) is 3.81. The fraction of sp³-hybridized carbons (Fsp3) is 0.360. The lowest BCUT2D eigenvalue weighted by molar-refractivity contribution is 0.0936. The molecule has 2 amide bonds. The number of nitrogens with zero attached hydrogens (tertiary/aromatic N) is 3. The van der Waals surface area contributed by atoms with Gasteiger partial charge in [0.2, 0.25) is 5.88 Å². The lowest BCUT2D eigenvalue weighted by Crippen LogP contribution is -2.34. The molecule has 1 saturated heterocycles. The fourth-order valence-corrected chi connectivity index (χ4v) is 5.03. The van der Waals surface area contributed by atoms with E-state index in [2.05, 4.69) is 20.7 Å². The molecule has 0 spiro atoms. The van der Waals surface area contributed by atoms with Crippen LogP contribution in [-0.2, 0) is 0 Å². The Balaban J connectivity index is 1.48. The molecule has 3 heterocycles. The maximum atomic E-state index is 13.6. The number of hydrogen-bond acceptors (Lipinski definition) is 6. The SMILES string of the molecule is Cc1cc(Cl)cc(C(=O)NC(C)C2CC2)c1NC(=O)c1cc(OC2CSC2)nn1-c1ncccc1Cl. The molecular formula is C25H25Cl2N5O3S. The summed E-state index contributed by atoms with van der Waals surface area (Å²) in [6, 6.07) is 8.23. The zero-order chi connectivity index (χ0) is 25.4. The molecule has 2 fully saturated rings. The van der Waals surface area contributed by atoms with Crippen LogP contribution in [0.4, 0.5) is 5.69 Å². The summed E-state index contributed by atoms with van der Waals surface area (Å²) in [6.45, 7) is 3.78. The van der Waals surface area contributed by atoms with Gasteiger partial charge in [-0.3, -0.25) is 9.59 Å². The number of hydrogen-bond donors (Lipinski definition) is 2. The highest BCUT2D eigenvalue weighted by Crippen LogP contribution is 2.33. The van der Waals surface area contributed by atoms with Crippen LogP contribution in [-0.4, -0.2) is 50.2 Å². The normalized spacial score (nSPS) is 16.2. The topological polar surface area (TPSA) is 98.1 Å². The van der Waals surface area contributed by atoms with E-state index in [4.69, 9.17) is 27.9 Å². The number of ether oxygens (including phenoxy) is 1. The number of rotatable bonds is 8. The van der Waals surface area contributed by atoms with Gasteiger partial charge in [0.15, 0.2) is 5.82 Å². The molecule has 0 radical (unpaired) electrons. The highest BCUT2D eigenvalue weighted by atomic mass is 35.5. The van der Waals surface area contributed by atoms with Gasteiger partial charge in [-0.05, 0) is 62.4 Å². The van der Waals surface area contributed by atoms with Crippen molar-refractivity contribution in [3.8, 4) is 11.7 Å². The van der Waals surface area contributed by atoms with Gasteiger partial charge in [-0.1, -0.05) is 23.2 Å². The standard InChI is InChI=1S/C25H25Cl2N5O3S/c1-13-8-16(26)9-18(24(33)29-14(2)15-5-6-15)22(13)30-25(34)20-10-21(35-17-11-36-12-17)31-32(20)23-19(27)4-3-7-28-23/h3-4,7-10,14-15,17H,5-6,11-12H2,1-2H3,(H,29,33)(H,30,34). The van der Waals surface area contributed by atoms with Crippen molar-refractivity contribution in [3.63, 3.8) is 0 Å². The van der Waals surface area contributed by atoms with E-state index in [-0.39, 0.29) is 23.7 Å². The zero-order valence-electron chi connectivity index (χ0n) is 19.8. The highest BCUT2D eigenvalue weighted by molar-refractivity contribution is 8.00. The fourth-order valence-electron chi connectivity index (χ4n) is 3.99. The Morgan fingerprint density at radius 1 is 1.19 bits per heavy atom. The van der Waals surface area contributed by atoms with E-state index in [1.807, 2.05) is 6.92 Å². The van der Waals surface area contributed by atoms with Crippen LogP contribution in [0.3, 0.4) is 0 Å². The van der Waals surface area contributed by atoms with Gasteiger partial charge >= 0.3 is 0 Å². The van der Waals surface area contributed by atoms with E-state index in [0.29, 0.717) is 44.5 Å². The molecule has 3 aromatic rings. The van der Waals surface area contributed by atoms with Gasteiger partial charge in [0.1, 0.15) is 11.8 Å². The summed E-state index contributed by atoms with van der Waals surface area (Å²) in [5, 5.41) is 11.1. The molecule has 1 saturated carbocycles. The van der Waals surface area contributed by atoms with Crippen LogP contribution in [0.1, 0.15) is 46.2 Å². The molecule has 11 heteroatoms. The first-order valence-corrected chi connectivity index (χ1v) is 13.6. The number of aromatic nitrogens is 3. The average Bonchev–Trinajstić information content (AvgIpc) is 3.58. The quantitative estimate of drug-likeness (QED) is 0.405. The summed E-state index contributed by atoms with van der Waals surface area (Å²) >= 11 is 14.4. The van der Waals surface area contributed by atoms with Gasteiger partial charge < -0.3 is 15.4 Å². The van der Waals surface area contributed by atoms with E-state index < -0.39 is 5.91 Å². The summed E-state index contributed by atoms with van der Waals surface area (Å²) in [4.78, 5) is 31.0. The van der Waals surface area contributed by atoms with Crippen molar-refractivity contribution < 1.29 is 14.3 Å². The second-order valence-electron chi connectivity index (χ2n) is 9.06. The van der Waals surface area contributed by atoms with Crippen LogP contribution in [0.2, 0.25) is 10.0 Å². The first kappa shape index (κ1) is 24.9. The van der Waals surface area contributed by atoms with Crippen LogP contribution >= 0.6 is 35.0 Å². The Labute approximate surface area is 223 Å². The molecule has 36 heavy (non-hydrogen) atoms. The first-order valence-electron chi connectivity index (χ1n) is 11.7. The number of carbonyl (C=O) groups is 2. The summed E-state index contributed by atoms with van der Waals surface area (Å²) in [5.41, 5.74) is 1.50. The van der Waals surface area contributed by atoms with Crippen molar-refractivity contribution in [2.75, 3.05) is 16.8 Å². The lowest BCUT2D eigenvalue weighted by Gasteiger charge is -2.24. The number of thioether (sulfide) groups is 1. The number of halogens is 2. The maximum absolute atomic E-state index is 13.6. The van der Waals surface area contributed by atoms with Gasteiger partial charge in [-0.25, -0.2) is 9.67 Å². The molecule has 1 aliphatic heterocycles. The van der Waals surface area contributed by atoms with Crippen LogP contribution in [0.25, 0.3) is 5.82 Å². The number of anilines is 1. The van der Waals surface area contributed by atoms with Gasteiger partial charge in [-0.15, -0.1) is 5.10 Å². The first-order chi connectivity index (χ1) is 17.3. The van der Waals surface area contributed by atoms with Crippen LogP contribution in [0.15, 0.2) is 36.5 Å². The Hall–Kier alpha value is -2.75. The van der Waals surface area contributed by atoms with E-state index in [1.54, 1.807) is 55.2 Å². The summed E-state index contributed by atoms with van der Waals surface area (Å²) in [7, 11) is 0. The van der Waals surface area contributed by atoms with Crippen LogP contribution < -0.4 is 15.4 Å². The summed E-state index contributed by atoms with van der Waals surface area (Å²) in [5.74, 6) is 2.03. The Bertz CT molecular complexity index is 1320. The number of benzene rings is 1. The molecule has 1 aromatic carbocycles. The van der Waals surface area contributed by atoms with Gasteiger partial charge in [0.25, 0.3) is 11.8 Å². The van der Waals surface area contributed by atoms with E-state index in [0.717, 1.165) is 24.3 Å². The van der Waals surface area contributed by atoms with Crippen LogP contribution in [0, 0.1) is 12.8 Å². The summed E-state index contributed by atoms with van der Waals surface area (Å²) < 4.78 is 7.28. The number of carbonyl (C=O) groups excluding carboxylic acids is 2. The molecule has 1 aliphatic carbocycles. The second-order valence-corrected chi connectivity index (χ2v) is 11.0. The molecule has 1 atom stereocenters. The average molecular weight is 546 g/mol. The second kappa shape index (κ2) is 10.3. The monoisotopic (exact) mass is 545 g/mol. The molecule has 2 N–H and O–H groups in total. The van der Waals surface area contributed by atoms with Crippen molar-refractivity contribution in [3.05, 3.63) is 63.4 Å². The lowest BCUT2D eigenvalue weighted by atomic mass is 10.1. The molecule has 2 aliphatic rings. The van der Waals surface area contributed by atoms with Gasteiger partial charge in [-0.2, -0.15) is 11.8 Å². The molecule has 0 bridgehead atoms. The molecule has 188 valence electrons. The minimum Gasteiger partial charge on any atom is -0.472 e. The Kier molecular flexibility index (Phi) is 7.14. The minimum absolute atomic E-state index is 0.0377. The Morgan fingerprint density at radius 2 is 1.97 bits per heavy atom. The van der Waals surface area contributed by atoms with E-state index in [9.17, 15) is 9.59 Å². The molecule has 1 unspecified atom stereocenters. The number of amides is 2. The van der Waals surface area contributed by atoms with Gasteiger partial charge in [0, 0.05) is 34.8 Å². The minimum atomic E-state index is -0.489. The smallest absolute Gasteiger partial charge is 0.274 e. The highest BCUT2D eigenvalue weighted by Gasteiger charge is 2.30. The van der Waals surface area contributed by atoms with Crippen molar-refractivity contribution >= 4 is 52.5 Å². The van der Waals surface area contributed by atoms with Crippen molar-refractivity contribution in [2.45, 2.75) is 38.8 Å². The maximum Gasteiger partial charge on any atom is 0.274 e. The van der Waals surface area contributed by atoms with Crippen LogP contribution in [0.5, 0.6) is 5.88 Å². The van der Waals surface area contributed by atoms with Crippen molar-refractivity contribution in [1.82, 2.24) is 20.1 Å². The molecule has 2 aromatic heterocycles. The number of pyridine rings is 1. The van der Waals surface area contributed by atoms with Crippen molar-refractivity contribution in [2.24, 2.45) is 5.92 Å². The predicted octanol–water partition coefficient (Wildman–Crippen LogP) is 5.16. The molecular weight excluding hydrogens is 521 g/mol. The number of aryl methyl sites for hydroxylation is 1. The third-order valence-electron chi connectivity index (χ3n) is 6.23. The Morgan fingerprint density at radius 3 is 2.64 bits per heavy atom. The predicted molar refractivity (Wildman–Crippen MR) is 142 cm³/mol. The third kappa shape index (κ3) is 5.33. The molecule has 8 nitrogen and oxygen atoms in total. The largest absolute Gasteiger partial charge is 0.472 e. The van der Waals surface area contributed by atoms with Gasteiger partial charge in [0.05, 0.1) is 16.3 Å². The number of nitrogens with one attached hydrogen (secondary N) is 2. The van der Waals surface area contributed by atoms with E-state index in [1.165, 1.54) is 4.68 Å². The molecule has 5 rings (SSSR count). The third-order valence-corrected chi connectivity index (χ3v) is 7.95. The van der Waals surface area contributed by atoms with E-state index >= 15 is 0 Å². The zero-order valence-corrected chi connectivity index (χ0v) is 22.1.